The number of aryl methyl sites for hydroxylation is 1. The number of halogens is 3. The van der Waals surface area contributed by atoms with E-state index in [2.05, 4.69) is 10.1 Å². The van der Waals surface area contributed by atoms with Crippen molar-refractivity contribution in [1.29, 1.82) is 0 Å². The minimum atomic E-state index is -3.44. The maximum atomic E-state index is 14.4. The Labute approximate surface area is 221 Å². The van der Waals surface area contributed by atoms with Crippen molar-refractivity contribution in [2.45, 2.75) is 19.1 Å². The van der Waals surface area contributed by atoms with Crippen molar-refractivity contribution in [3.05, 3.63) is 99.6 Å². The molecule has 2 N–H and O–H groups in total. The number of ether oxygens (including phenoxy) is 1. The number of pyridine rings is 1. The van der Waals surface area contributed by atoms with Gasteiger partial charge in [-0.2, -0.15) is 5.10 Å². The third-order valence-corrected chi connectivity index (χ3v) is 6.93. The van der Waals surface area contributed by atoms with E-state index in [9.17, 15) is 26.4 Å². The molecule has 0 spiro atoms. The molecule has 2 aromatic heterocycles. The molecule has 2 aromatic carbocycles. The standard InChI is InChI=1S/C27H21F3N4O4S/c1-14-3-21(11-32-27(14)38-22-9-19(28)8-20(29)10-22)34-26(31)23(12-33-34)25(35)17-4-15-6-18(13-39(2,36)37)24(30)7-16(15)5-17/h3,5-12H,4,13,31H2,1-2H3. The number of carbonyl (C=O) groups is 1. The van der Waals surface area contributed by atoms with Crippen LogP contribution < -0.4 is 10.5 Å². The molecule has 0 atom stereocenters. The molecule has 200 valence electrons. The normalized spacial score (nSPS) is 12.8. The van der Waals surface area contributed by atoms with Gasteiger partial charge in [0.05, 0.1) is 29.4 Å². The number of anilines is 1. The number of aromatic nitrogens is 3. The van der Waals surface area contributed by atoms with Crippen LogP contribution in [-0.2, 0) is 22.0 Å². The monoisotopic (exact) mass is 554 g/mol. The number of hydrogen-bond acceptors (Lipinski definition) is 7. The van der Waals surface area contributed by atoms with E-state index in [1.54, 1.807) is 19.1 Å². The van der Waals surface area contributed by atoms with E-state index in [0.717, 1.165) is 24.5 Å². The topological polar surface area (TPSA) is 117 Å². The van der Waals surface area contributed by atoms with Gasteiger partial charge in [0.25, 0.3) is 0 Å². The van der Waals surface area contributed by atoms with Gasteiger partial charge in [-0.3, -0.25) is 4.79 Å². The van der Waals surface area contributed by atoms with Gasteiger partial charge in [0.15, 0.2) is 15.6 Å². The van der Waals surface area contributed by atoms with Gasteiger partial charge in [0.1, 0.15) is 29.0 Å². The number of Topliss-reactive ketones (excluding diaryl/α,β-unsaturated/α-hetero) is 1. The highest BCUT2D eigenvalue weighted by atomic mass is 32.2. The van der Waals surface area contributed by atoms with Crippen LogP contribution in [0.25, 0.3) is 11.8 Å². The molecule has 12 heteroatoms. The van der Waals surface area contributed by atoms with Crippen molar-refractivity contribution in [3.8, 4) is 17.3 Å². The number of carbonyl (C=O) groups excluding carboxylic acids is 1. The Kier molecular flexibility index (Phi) is 6.51. The lowest BCUT2D eigenvalue weighted by atomic mass is 10.0. The molecule has 0 amide bonds. The Balaban J connectivity index is 1.37. The van der Waals surface area contributed by atoms with Gasteiger partial charge in [-0.25, -0.2) is 31.3 Å². The van der Waals surface area contributed by atoms with E-state index in [0.29, 0.717) is 28.0 Å². The van der Waals surface area contributed by atoms with E-state index >= 15 is 0 Å². The summed E-state index contributed by atoms with van der Waals surface area (Å²) in [5, 5.41) is 4.21. The highest BCUT2D eigenvalue weighted by Gasteiger charge is 2.26. The molecule has 0 aliphatic heterocycles. The Morgan fingerprint density at radius 2 is 1.79 bits per heavy atom. The first-order valence-electron chi connectivity index (χ1n) is 11.6. The van der Waals surface area contributed by atoms with Crippen molar-refractivity contribution in [1.82, 2.24) is 14.8 Å². The fourth-order valence-electron chi connectivity index (χ4n) is 4.34. The Bertz CT molecular complexity index is 1780. The van der Waals surface area contributed by atoms with Crippen molar-refractivity contribution in [3.63, 3.8) is 0 Å². The molecule has 39 heavy (non-hydrogen) atoms. The minimum Gasteiger partial charge on any atom is -0.439 e. The van der Waals surface area contributed by atoms with E-state index in [1.807, 2.05) is 0 Å². The van der Waals surface area contributed by atoms with Crippen LogP contribution in [0.4, 0.5) is 19.0 Å². The minimum absolute atomic E-state index is 0.0443. The van der Waals surface area contributed by atoms with E-state index in [1.165, 1.54) is 29.2 Å². The molecule has 1 aliphatic rings. The first kappa shape index (κ1) is 26.2. The second kappa shape index (κ2) is 9.70. The molecule has 0 fully saturated rings. The average molecular weight is 555 g/mol. The van der Waals surface area contributed by atoms with Gasteiger partial charge in [-0.05, 0) is 36.3 Å². The second-order valence-electron chi connectivity index (χ2n) is 9.27. The van der Waals surface area contributed by atoms with Gasteiger partial charge in [-0.15, -0.1) is 0 Å². The highest BCUT2D eigenvalue weighted by molar-refractivity contribution is 7.89. The van der Waals surface area contributed by atoms with Crippen LogP contribution in [-0.4, -0.2) is 35.2 Å². The molecule has 0 bridgehead atoms. The van der Waals surface area contributed by atoms with E-state index in [4.69, 9.17) is 10.5 Å². The number of rotatable bonds is 7. The molecular formula is C27H21F3N4O4S. The lowest BCUT2D eigenvalue weighted by Crippen LogP contribution is -2.09. The summed E-state index contributed by atoms with van der Waals surface area (Å²) >= 11 is 0. The molecule has 5 rings (SSSR count). The summed E-state index contributed by atoms with van der Waals surface area (Å²) in [6.07, 6.45) is 5.45. The number of fused-ring (bicyclic) bond motifs is 1. The number of sulfone groups is 1. The number of nitrogen functional groups attached to an aromatic ring is 1. The molecule has 0 radical (unpaired) electrons. The Morgan fingerprint density at radius 3 is 2.46 bits per heavy atom. The molecule has 0 unspecified atom stereocenters. The highest BCUT2D eigenvalue weighted by Crippen LogP contribution is 2.32. The number of hydrogen-bond donors (Lipinski definition) is 1. The lowest BCUT2D eigenvalue weighted by Gasteiger charge is -2.10. The number of allylic oxidation sites excluding steroid dienone is 1. The molecule has 1 aliphatic carbocycles. The van der Waals surface area contributed by atoms with Crippen molar-refractivity contribution < 1.29 is 31.1 Å². The summed E-state index contributed by atoms with van der Waals surface area (Å²) in [7, 11) is -3.44. The third-order valence-electron chi connectivity index (χ3n) is 6.09. The molecule has 4 aromatic rings. The zero-order chi connectivity index (χ0) is 28.1. The van der Waals surface area contributed by atoms with Crippen molar-refractivity contribution in [2.24, 2.45) is 0 Å². The maximum Gasteiger partial charge on any atom is 0.222 e. The SMILES string of the molecule is Cc1cc(-n2ncc(C(=O)C3=Cc4cc(F)c(CS(C)(=O)=O)cc4C3)c2N)cnc1Oc1cc(F)cc(F)c1. The predicted molar refractivity (Wildman–Crippen MR) is 138 cm³/mol. The predicted octanol–water partition coefficient (Wildman–Crippen LogP) is 4.73. The van der Waals surface area contributed by atoms with Gasteiger partial charge < -0.3 is 10.5 Å². The molecule has 0 saturated carbocycles. The second-order valence-corrected chi connectivity index (χ2v) is 11.4. The number of nitrogens with two attached hydrogens (primary N) is 1. The maximum absolute atomic E-state index is 14.4. The summed E-state index contributed by atoms with van der Waals surface area (Å²) < 4.78 is 71.4. The summed E-state index contributed by atoms with van der Waals surface area (Å²) in [5.41, 5.74) is 8.84. The zero-order valence-corrected chi connectivity index (χ0v) is 21.5. The van der Waals surface area contributed by atoms with Crippen LogP contribution in [0.15, 0.2) is 54.4 Å². The van der Waals surface area contributed by atoms with Crippen LogP contribution in [0.3, 0.4) is 0 Å². The number of nitrogens with zero attached hydrogens (tertiary/aromatic N) is 3. The van der Waals surface area contributed by atoms with Gasteiger partial charge >= 0.3 is 0 Å². The first-order valence-corrected chi connectivity index (χ1v) is 13.6. The number of ketones is 1. The fraction of sp³-hybridized carbons (Fsp3) is 0.148. The van der Waals surface area contributed by atoms with Crippen LogP contribution in [0.5, 0.6) is 11.6 Å². The molecule has 2 heterocycles. The molecular weight excluding hydrogens is 533 g/mol. The van der Waals surface area contributed by atoms with Gasteiger partial charge in [0, 0.05) is 47.6 Å². The third kappa shape index (κ3) is 5.41. The van der Waals surface area contributed by atoms with Crippen LogP contribution in [0, 0.1) is 24.4 Å². The molecule has 0 saturated heterocycles. The van der Waals surface area contributed by atoms with Crippen molar-refractivity contribution in [2.75, 3.05) is 12.0 Å². The van der Waals surface area contributed by atoms with Gasteiger partial charge in [-0.1, -0.05) is 6.07 Å². The molecule has 8 nitrogen and oxygen atoms in total. The fourth-order valence-corrected chi connectivity index (χ4v) is 5.12. The first-order chi connectivity index (χ1) is 18.4. The average Bonchev–Trinajstić information content (AvgIpc) is 3.42. The van der Waals surface area contributed by atoms with Crippen LogP contribution in [0.2, 0.25) is 0 Å². The summed E-state index contributed by atoms with van der Waals surface area (Å²) in [6, 6.07) is 7.10. The van der Waals surface area contributed by atoms with Crippen LogP contribution in [0.1, 0.15) is 32.6 Å². The number of benzene rings is 2. The Morgan fingerprint density at radius 1 is 1.08 bits per heavy atom. The summed E-state index contributed by atoms with van der Waals surface area (Å²) in [4.78, 5) is 17.5. The van der Waals surface area contributed by atoms with E-state index in [-0.39, 0.29) is 35.0 Å². The van der Waals surface area contributed by atoms with Crippen molar-refractivity contribution >= 4 is 27.5 Å². The van der Waals surface area contributed by atoms with Crippen LogP contribution >= 0.6 is 0 Å². The summed E-state index contributed by atoms with van der Waals surface area (Å²) in [5.74, 6) is -2.99. The zero-order valence-electron chi connectivity index (χ0n) is 20.7. The lowest BCUT2D eigenvalue weighted by molar-refractivity contribution is 0.103. The van der Waals surface area contributed by atoms with Gasteiger partial charge in [0.2, 0.25) is 5.88 Å². The Hall–Kier alpha value is -4.45. The largest absolute Gasteiger partial charge is 0.439 e. The smallest absolute Gasteiger partial charge is 0.222 e. The quantitative estimate of drug-likeness (QED) is 0.328. The summed E-state index contributed by atoms with van der Waals surface area (Å²) in [6.45, 7) is 1.67. The van der Waals surface area contributed by atoms with E-state index < -0.39 is 38.8 Å².